The fourth-order valence-corrected chi connectivity index (χ4v) is 2.72. The molecule has 1 rings (SSSR count). The van der Waals surface area contributed by atoms with Gasteiger partial charge in [-0.15, -0.1) is 0 Å². The molecule has 1 aliphatic rings. The summed E-state index contributed by atoms with van der Waals surface area (Å²) >= 11 is 1.92. The van der Waals surface area contributed by atoms with Gasteiger partial charge in [0.2, 0.25) is 0 Å². The summed E-state index contributed by atoms with van der Waals surface area (Å²) in [6, 6.07) is 2.33. The molecule has 0 spiro atoms. The Morgan fingerprint density at radius 2 is 2.36 bits per heavy atom. The van der Waals surface area contributed by atoms with Crippen LogP contribution in [0.5, 0.6) is 0 Å². The molecule has 0 aromatic carbocycles. The molecule has 0 N–H and O–H groups in total. The Morgan fingerprint density at radius 3 is 2.93 bits per heavy atom. The number of thioether (sulfide) groups is 1. The van der Waals surface area contributed by atoms with E-state index in [0.29, 0.717) is 6.10 Å². The lowest BCUT2D eigenvalue weighted by atomic mass is 9.93. The molecule has 0 aliphatic carbocycles. The maximum absolute atomic E-state index is 8.82. The van der Waals surface area contributed by atoms with Crippen LogP contribution in [0.1, 0.15) is 33.1 Å². The summed E-state index contributed by atoms with van der Waals surface area (Å²) in [6.45, 7) is 4.94. The molecule has 1 unspecified atom stereocenters. The highest BCUT2D eigenvalue weighted by Gasteiger charge is 2.18. The maximum Gasteiger partial charge on any atom is 0.0684 e. The minimum atomic E-state index is -0.163. The average molecular weight is 213 g/mol. The molecule has 1 saturated heterocycles. The lowest BCUT2D eigenvalue weighted by molar-refractivity contribution is 0.129. The first kappa shape index (κ1) is 11.9. The van der Waals surface area contributed by atoms with Crippen LogP contribution in [0, 0.1) is 16.7 Å². The van der Waals surface area contributed by atoms with E-state index in [2.05, 4.69) is 6.07 Å². The van der Waals surface area contributed by atoms with Crippen molar-refractivity contribution in [3.63, 3.8) is 0 Å². The van der Waals surface area contributed by atoms with Gasteiger partial charge in [0, 0.05) is 12.4 Å². The van der Waals surface area contributed by atoms with Gasteiger partial charge in [-0.3, -0.25) is 0 Å². The number of nitriles is 1. The quantitative estimate of drug-likeness (QED) is 0.658. The minimum absolute atomic E-state index is 0.163. The fraction of sp³-hybridized carbons (Fsp3) is 0.909. The summed E-state index contributed by atoms with van der Waals surface area (Å²) in [7, 11) is 0. The normalized spacial score (nSPS) is 22.2. The summed E-state index contributed by atoms with van der Waals surface area (Å²) in [5.74, 6) is 2.17. The van der Waals surface area contributed by atoms with Crippen LogP contribution in [0.25, 0.3) is 0 Å². The van der Waals surface area contributed by atoms with E-state index in [1.807, 2.05) is 25.6 Å². The van der Waals surface area contributed by atoms with Crippen LogP contribution >= 0.6 is 11.8 Å². The third kappa shape index (κ3) is 4.34. The van der Waals surface area contributed by atoms with Gasteiger partial charge < -0.3 is 4.74 Å². The zero-order chi connectivity index (χ0) is 10.4. The van der Waals surface area contributed by atoms with E-state index < -0.39 is 0 Å². The summed E-state index contributed by atoms with van der Waals surface area (Å²) in [4.78, 5) is 0. The summed E-state index contributed by atoms with van der Waals surface area (Å²) in [6.07, 6.45) is 3.88. The van der Waals surface area contributed by atoms with E-state index >= 15 is 0 Å². The summed E-state index contributed by atoms with van der Waals surface area (Å²) in [5, 5.41) is 8.82. The lowest BCUT2D eigenvalue weighted by Crippen LogP contribution is -2.12. The Labute approximate surface area is 91.0 Å². The van der Waals surface area contributed by atoms with Crippen LogP contribution in [-0.2, 0) is 4.74 Å². The largest absolute Gasteiger partial charge is 0.377 e. The second-order valence-electron chi connectivity index (χ2n) is 4.46. The van der Waals surface area contributed by atoms with Crippen molar-refractivity contribution in [3.05, 3.63) is 0 Å². The van der Waals surface area contributed by atoms with Gasteiger partial charge in [-0.25, -0.2) is 0 Å². The van der Waals surface area contributed by atoms with Gasteiger partial charge in [-0.2, -0.15) is 17.0 Å². The van der Waals surface area contributed by atoms with Gasteiger partial charge in [0.1, 0.15) is 0 Å². The second kappa shape index (κ2) is 5.63. The number of rotatable bonds is 5. The molecule has 3 heteroatoms. The van der Waals surface area contributed by atoms with Crippen molar-refractivity contribution in [3.8, 4) is 6.07 Å². The molecule has 14 heavy (non-hydrogen) atoms. The van der Waals surface area contributed by atoms with E-state index in [1.165, 1.54) is 12.8 Å². The number of hydrogen-bond acceptors (Lipinski definition) is 3. The molecule has 0 saturated carbocycles. The Morgan fingerprint density at radius 1 is 1.57 bits per heavy atom. The molecular weight excluding hydrogens is 194 g/mol. The molecule has 1 atom stereocenters. The third-order valence-corrected chi connectivity index (χ3v) is 3.60. The third-order valence-electron chi connectivity index (χ3n) is 2.50. The fourth-order valence-electron chi connectivity index (χ4n) is 1.37. The van der Waals surface area contributed by atoms with Gasteiger partial charge in [-0.05, 0) is 38.9 Å². The Balaban J connectivity index is 2.02. The molecule has 1 aliphatic heterocycles. The molecule has 80 valence electrons. The number of nitrogens with zero attached hydrogens (tertiary/aromatic N) is 1. The molecule has 1 heterocycles. The van der Waals surface area contributed by atoms with Crippen LogP contribution in [-0.4, -0.2) is 24.2 Å². The van der Waals surface area contributed by atoms with Crippen molar-refractivity contribution in [2.75, 3.05) is 18.1 Å². The Bertz CT molecular complexity index is 204. The summed E-state index contributed by atoms with van der Waals surface area (Å²) in [5.41, 5.74) is -0.163. The van der Waals surface area contributed by atoms with E-state index in [4.69, 9.17) is 10.00 Å². The van der Waals surface area contributed by atoms with E-state index in [1.54, 1.807) is 0 Å². The first-order valence-corrected chi connectivity index (χ1v) is 6.40. The predicted octanol–water partition coefficient (Wildman–Crippen LogP) is 2.84. The average Bonchev–Trinajstić information content (AvgIpc) is 2.65. The first-order valence-electron chi connectivity index (χ1n) is 5.25. The van der Waals surface area contributed by atoms with Crippen LogP contribution in [0.4, 0.5) is 0 Å². The van der Waals surface area contributed by atoms with E-state index in [0.717, 1.165) is 24.5 Å². The Kier molecular flexibility index (Phi) is 4.77. The highest BCUT2D eigenvalue weighted by atomic mass is 32.2. The SMILES string of the molecule is CC(C)(C#N)CCSCC1CCCO1. The molecule has 0 bridgehead atoms. The van der Waals surface area contributed by atoms with Crippen LogP contribution in [0.15, 0.2) is 0 Å². The monoisotopic (exact) mass is 213 g/mol. The first-order chi connectivity index (χ1) is 6.64. The topological polar surface area (TPSA) is 33.0 Å². The second-order valence-corrected chi connectivity index (χ2v) is 5.61. The van der Waals surface area contributed by atoms with Gasteiger partial charge in [0.05, 0.1) is 17.6 Å². The van der Waals surface area contributed by atoms with Crippen molar-refractivity contribution in [2.45, 2.75) is 39.2 Å². The van der Waals surface area contributed by atoms with Crippen LogP contribution in [0.2, 0.25) is 0 Å². The standard InChI is InChI=1S/C11H19NOS/c1-11(2,9-12)5-7-14-8-10-4-3-6-13-10/h10H,3-8H2,1-2H3. The van der Waals surface area contributed by atoms with Gasteiger partial charge in [-0.1, -0.05) is 0 Å². The van der Waals surface area contributed by atoms with Crippen molar-refractivity contribution >= 4 is 11.8 Å². The van der Waals surface area contributed by atoms with Crippen molar-refractivity contribution in [1.29, 1.82) is 5.26 Å². The number of ether oxygens (including phenoxy) is 1. The molecule has 2 nitrogen and oxygen atoms in total. The Hall–Kier alpha value is -0.200. The smallest absolute Gasteiger partial charge is 0.0684 e. The van der Waals surface area contributed by atoms with Gasteiger partial charge in [0.15, 0.2) is 0 Å². The zero-order valence-corrected chi connectivity index (χ0v) is 9.90. The highest BCUT2D eigenvalue weighted by molar-refractivity contribution is 7.99. The molecule has 0 aromatic rings. The number of hydrogen-bond donors (Lipinski definition) is 0. The van der Waals surface area contributed by atoms with Crippen molar-refractivity contribution < 1.29 is 4.74 Å². The maximum atomic E-state index is 8.82. The van der Waals surface area contributed by atoms with Crippen LogP contribution in [0.3, 0.4) is 0 Å². The summed E-state index contributed by atoms with van der Waals surface area (Å²) < 4.78 is 5.53. The molecule has 1 fully saturated rings. The molecule has 0 radical (unpaired) electrons. The van der Waals surface area contributed by atoms with E-state index in [-0.39, 0.29) is 5.41 Å². The van der Waals surface area contributed by atoms with Crippen LogP contribution < -0.4 is 0 Å². The molecular formula is C11H19NOS. The predicted molar refractivity (Wildman–Crippen MR) is 60.3 cm³/mol. The van der Waals surface area contributed by atoms with Crippen molar-refractivity contribution in [1.82, 2.24) is 0 Å². The van der Waals surface area contributed by atoms with Gasteiger partial charge in [0.25, 0.3) is 0 Å². The minimum Gasteiger partial charge on any atom is -0.377 e. The lowest BCUT2D eigenvalue weighted by Gasteiger charge is -2.15. The molecule has 0 amide bonds. The van der Waals surface area contributed by atoms with Crippen molar-refractivity contribution in [2.24, 2.45) is 5.41 Å². The van der Waals surface area contributed by atoms with E-state index in [9.17, 15) is 0 Å². The zero-order valence-electron chi connectivity index (χ0n) is 9.08. The van der Waals surface area contributed by atoms with Gasteiger partial charge >= 0.3 is 0 Å². The highest BCUT2D eigenvalue weighted by Crippen LogP contribution is 2.23. The molecule has 0 aromatic heterocycles.